The molecule has 0 radical (unpaired) electrons. The molecule has 0 aliphatic rings. The molecule has 2 heterocycles. The van der Waals surface area contributed by atoms with Gasteiger partial charge in [0.1, 0.15) is 0 Å². The Morgan fingerprint density at radius 2 is 0.627 bits per heavy atom. The van der Waals surface area contributed by atoms with Crippen LogP contribution in [0.3, 0.4) is 0 Å². The van der Waals surface area contributed by atoms with Crippen molar-refractivity contribution in [1.82, 2.24) is 9.97 Å². The minimum absolute atomic E-state index is 0.977. The first-order chi connectivity index (χ1) is 25.9. The summed E-state index contributed by atoms with van der Waals surface area (Å²) < 4.78 is 337. The molecule has 0 bridgehead atoms. The first-order valence-corrected chi connectivity index (χ1v) is 31.6. The average molecular weight is 1150 g/mol. The molecular weight excluding hydrogens is 1140 g/mol. The maximum atomic E-state index is 13.9. The maximum Gasteiger partial charge on any atom is 0.0964 e. The van der Waals surface area contributed by atoms with E-state index in [-0.39, 0.29) is 0 Å². The van der Waals surface area contributed by atoms with Crippen molar-refractivity contribution in [2.75, 3.05) is 0 Å². The van der Waals surface area contributed by atoms with Crippen LogP contribution in [0.15, 0.2) is 48.8 Å². The minimum atomic E-state index is -8.32. The fourth-order valence-corrected chi connectivity index (χ4v) is 14.3. The molecule has 0 atom stereocenters. The molecule has 2 aromatic heterocycles. The van der Waals surface area contributed by atoms with E-state index < -0.39 is 107 Å². The smallest absolute Gasteiger partial charge is 0.0964 e. The van der Waals surface area contributed by atoms with Gasteiger partial charge in [0.2, 0.25) is 0 Å². The Balaban J connectivity index is 0.000000700. The number of rotatable bonds is 14. The van der Waals surface area contributed by atoms with Crippen molar-refractivity contribution in [2.45, 2.75) is 93.3 Å². The van der Waals surface area contributed by atoms with Crippen LogP contribution in [0.4, 0.5) is 114 Å². The second-order valence-corrected chi connectivity index (χ2v) is 47.3. The molecule has 0 aliphatic carbocycles. The minimum Gasteiger partial charge on any atom is -0.254 e. The van der Waals surface area contributed by atoms with Crippen molar-refractivity contribution in [3.8, 4) is 0 Å². The molecule has 31 heteroatoms. The number of benzene rings is 1. The number of nitrogens with zero attached hydrogens (tertiary/aromatic N) is 2. The van der Waals surface area contributed by atoms with Gasteiger partial charge < -0.3 is 0 Å². The van der Waals surface area contributed by atoms with Gasteiger partial charge in [-0.3, -0.25) is 9.97 Å². The molecule has 0 amide bonds. The summed E-state index contributed by atoms with van der Waals surface area (Å²) >= 11 is -1.67. The second-order valence-electron chi connectivity index (χ2n) is 12.1. The zero-order chi connectivity index (χ0) is 46.7. The van der Waals surface area contributed by atoms with Crippen LogP contribution >= 0.6 is 25.4 Å². The monoisotopic (exact) mass is 1150 g/mol. The van der Waals surface area contributed by atoms with Crippen LogP contribution in [0.2, 0.25) is 8.87 Å². The molecule has 0 fully saturated rings. The van der Waals surface area contributed by atoms with Crippen molar-refractivity contribution < 1.29 is 114 Å². The molecule has 3 aromatic rings. The molecule has 2 nitrogen and oxygen atoms in total. The van der Waals surface area contributed by atoms with Crippen molar-refractivity contribution in [2.24, 2.45) is 0 Å². The number of pyridine rings is 2. The Labute approximate surface area is 326 Å². The predicted octanol–water partition coefficient (Wildman–Crippen LogP) is 14.3. The Morgan fingerprint density at radius 1 is 0.373 bits per heavy atom. The summed E-state index contributed by atoms with van der Waals surface area (Å²) in [6, 6.07) is 12.1. The zero-order valence-electron chi connectivity index (χ0n) is 27.4. The van der Waals surface area contributed by atoms with E-state index in [1.807, 2.05) is 12.1 Å². The van der Waals surface area contributed by atoms with Crippen LogP contribution in [-0.4, -0.2) is 95.5 Å². The summed E-state index contributed by atoms with van der Waals surface area (Å²) in [5.74, 6) is -78.7. The zero-order valence-corrected chi connectivity index (χ0v) is 33.5. The van der Waals surface area contributed by atoms with Crippen molar-refractivity contribution in [3.63, 3.8) is 0 Å². The van der Waals surface area contributed by atoms with Crippen molar-refractivity contribution in [3.05, 3.63) is 48.8 Å². The number of hydrogen-bond donors (Lipinski definition) is 0. The number of fused-ring (bicyclic) bond motifs is 3. The van der Waals surface area contributed by atoms with E-state index in [9.17, 15) is 114 Å². The number of halogens is 28. The molecule has 0 saturated carbocycles. The van der Waals surface area contributed by atoms with Gasteiger partial charge in [0.15, 0.2) is 0 Å². The van der Waals surface area contributed by atoms with E-state index >= 15 is 0 Å². The van der Waals surface area contributed by atoms with Crippen LogP contribution in [0.1, 0.15) is 12.8 Å². The van der Waals surface area contributed by atoms with Gasteiger partial charge in [-0.15, -0.1) is 0 Å². The first-order valence-electron chi connectivity index (χ1n) is 14.7. The van der Waals surface area contributed by atoms with E-state index in [1.54, 1.807) is 12.4 Å². The third-order valence-corrected chi connectivity index (χ3v) is 24.2. The molecule has 0 saturated heterocycles. The van der Waals surface area contributed by atoms with Crippen LogP contribution in [0.5, 0.6) is 0 Å². The quantitative estimate of drug-likeness (QED) is 0.0913. The normalized spacial score (nSPS) is 15.4. The van der Waals surface area contributed by atoms with Gasteiger partial charge in [-0.25, -0.2) is 0 Å². The van der Waals surface area contributed by atoms with E-state index in [4.69, 9.17) is 0 Å². The van der Waals surface area contributed by atoms with E-state index in [2.05, 4.69) is 59.6 Å². The van der Waals surface area contributed by atoms with Crippen LogP contribution < -0.4 is 0 Å². The van der Waals surface area contributed by atoms with Gasteiger partial charge in [0.25, 0.3) is 0 Å². The standard InChI is InChI=1S/C12H8N2.2C8H4F13.2BrH.Sn/c1-3-9-5-6-10-4-2-8-14-12(10)11(9)13-7-1;2*1-2-3(9,10)4(11,12)5(13,14)6(15,16)7(17,18)8(19,20)21;;;/h1-8H;2*1-2H2;2*1H;/q;;;;;+2/p-2. The topological polar surface area (TPSA) is 25.8 Å². The van der Waals surface area contributed by atoms with Crippen LogP contribution in [-0.2, 0) is 0 Å². The first kappa shape index (κ1) is 53.1. The van der Waals surface area contributed by atoms with Gasteiger partial charge in [-0.05, 0) is 12.1 Å². The Kier molecular flexibility index (Phi) is 14.6. The molecule has 0 spiro atoms. The maximum absolute atomic E-state index is 13.9. The Morgan fingerprint density at radius 3 is 0.881 bits per heavy atom. The van der Waals surface area contributed by atoms with E-state index in [0.29, 0.717) is 0 Å². The predicted molar refractivity (Wildman–Crippen MR) is 161 cm³/mol. The van der Waals surface area contributed by atoms with Gasteiger partial charge in [-0.1, -0.05) is 24.3 Å². The van der Waals surface area contributed by atoms with Crippen molar-refractivity contribution in [1.29, 1.82) is 0 Å². The number of hydrogen-bond acceptors (Lipinski definition) is 2. The molecule has 59 heavy (non-hydrogen) atoms. The molecule has 0 N–H and O–H groups in total. The Bertz CT molecular complexity index is 1790. The second kappa shape index (κ2) is 16.3. The SMILES string of the molecule is FC(F)(F)C(F)(F)C(F)(F)C(F)(F)C(F)(F)C(F)(F)C[CH2][Sn]([Br])([Br])[CH2]CC(F)(F)C(F)(F)C(F)(F)C(F)(F)C(F)(F)C(F)(F)F.c1cnc2c(c1)ccc1cccnc12. The van der Waals surface area contributed by atoms with Gasteiger partial charge in [0.05, 0.1) is 11.0 Å². The molecule has 338 valence electrons. The summed E-state index contributed by atoms with van der Waals surface area (Å²) in [5.41, 5.74) is 1.95. The summed E-state index contributed by atoms with van der Waals surface area (Å²) in [6.07, 6.45) is -18.1. The summed E-state index contributed by atoms with van der Waals surface area (Å²) in [5, 5.41) is 2.28. The Hall–Kier alpha value is -2.02. The summed E-state index contributed by atoms with van der Waals surface area (Å²) in [6.45, 7) is 0. The number of alkyl halides is 26. The third kappa shape index (κ3) is 9.22. The van der Waals surface area contributed by atoms with E-state index in [1.165, 1.54) is 0 Å². The van der Waals surface area contributed by atoms with Crippen LogP contribution in [0.25, 0.3) is 21.8 Å². The summed E-state index contributed by atoms with van der Waals surface area (Å²) in [4.78, 5) is 8.69. The fraction of sp³-hybridized carbons (Fsp3) is 0.571. The van der Waals surface area contributed by atoms with Crippen LogP contribution in [0, 0.1) is 0 Å². The average Bonchev–Trinajstić information content (AvgIpc) is 3.08. The van der Waals surface area contributed by atoms with Gasteiger partial charge in [-0.2, -0.15) is 0 Å². The molecule has 3 rings (SSSR count). The van der Waals surface area contributed by atoms with Gasteiger partial charge >= 0.3 is 247 Å². The summed E-state index contributed by atoms with van der Waals surface area (Å²) in [7, 11) is 0. The molecule has 1 aromatic carbocycles. The fourth-order valence-electron chi connectivity index (χ4n) is 4.40. The van der Waals surface area contributed by atoms with Crippen molar-refractivity contribution >= 4 is 61.1 Å². The van der Waals surface area contributed by atoms with Gasteiger partial charge in [0, 0.05) is 23.2 Å². The molecule has 0 aliphatic heterocycles. The number of aromatic nitrogens is 2. The molecular formula is C28H16Br2F26N2Sn. The van der Waals surface area contributed by atoms with E-state index in [0.717, 1.165) is 21.8 Å². The third-order valence-electron chi connectivity index (χ3n) is 7.95. The largest absolute Gasteiger partial charge is 0.254 e. The molecule has 0 unspecified atom stereocenters.